The fourth-order valence-electron chi connectivity index (χ4n) is 3.65. The van der Waals surface area contributed by atoms with E-state index in [-0.39, 0.29) is 28.2 Å². The molecule has 2 atom stereocenters. The van der Waals surface area contributed by atoms with Gasteiger partial charge in [-0.3, -0.25) is 4.79 Å². The summed E-state index contributed by atoms with van der Waals surface area (Å²) in [5.74, 6) is -0.786. The molecule has 0 amide bonds. The van der Waals surface area contributed by atoms with E-state index in [0.717, 1.165) is 6.07 Å². The highest BCUT2D eigenvalue weighted by atomic mass is 35.5. The van der Waals surface area contributed by atoms with Crippen LogP contribution >= 0.6 is 11.6 Å². The lowest BCUT2D eigenvalue weighted by Gasteiger charge is -2.29. The molecule has 0 spiro atoms. The zero-order chi connectivity index (χ0) is 19.1. The quantitative estimate of drug-likeness (QED) is 0.539. The number of hydrogen-bond acceptors (Lipinski definition) is 6. The zero-order valence-corrected chi connectivity index (χ0v) is 15.0. The van der Waals surface area contributed by atoms with Crippen LogP contribution in [0.2, 0.25) is 5.02 Å². The monoisotopic (exact) mass is 387 g/mol. The molecule has 1 aliphatic rings. The summed E-state index contributed by atoms with van der Waals surface area (Å²) in [6.07, 6.45) is -0.207. The maximum atomic E-state index is 12.7. The first-order valence-electron chi connectivity index (χ1n) is 8.63. The van der Waals surface area contributed by atoms with E-state index < -0.39 is 17.5 Å². The summed E-state index contributed by atoms with van der Waals surface area (Å²) in [6, 6.07) is 9.32. The molecule has 2 heterocycles. The number of aliphatic hydroxyl groups is 1. The van der Waals surface area contributed by atoms with Gasteiger partial charge in [-0.15, -0.1) is 0 Å². The van der Waals surface area contributed by atoms with E-state index in [1.54, 1.807) is 24.3 Å². The van der Waals surface area contributed by atoms with Crippen LogP contribution < -0.4 is 10.7 Å². The van der Waals surface area contributed by atoms with Crippen molar-refractivity contribution in [2.45, 2.75) is 18.4 Å². The molecule has 0 aliphatic carbocycles. The molecule has 4 rings (SSSR count). The van der Waals surface area contributed by atoms with Crippen LogP contribution in [0.25, 0.3) is 22.3 Å². The molecule has 1 fully saturated rings. The third-order valence-corrected chi connectivity index (χ3v) is 5.29. The molecule has 1 saturated heterocycles. The van der Waals surface area contributed by atoms with Crippen molar-refractivity contribution >= 4 is 22.6 Å². The summed E-state index contributed by atoms with van der Waals surface area (Å²) < 4.78 is 5.97. The third-order valence-electron chi connectivity index (χ3n) is 4.96. The summed E-state index contributed by atoms with van der Waals surface area (Å²) in [6.45, 7) is 1.01. The molecule has 4 N–H and O–H groups in total. The third kappa shape index (κ3) is 3.06. The van der Waals surface area contributed by atoms with Gasteiger partial charge in [-0.25, -0.2) is 0 Å². The Morgan fingerprint density at radius 2 is 1.93 bits per heavy atom. The molecule has 0 unspecified atom stereocenters. The summed E-state index contributed by atoms with van der Waals surface area (Å²) in [5, 5.41) is 34.6. The van der Waals surface area contributed by atoms with Crippen molar-refractivity contribution in [2.75, 3.05) is 13.1 Å². The zero-order valence-electron chi connectivity index (χ0n) is 14.3. The van der Waals surface area contributed by atoms with Gasteiger partial charge < -0.3 is 25.1 Å². The van der Waals surface area contributed by atoms with Gasteiger partial charge >= 0.3 is 0 Å². The smallest absolute Gasteiger partial charge is 0.197 e. The second-order valence-electron chi connectivity index (χ2n) is 6.65. The highest BCUT2D eigenvalue weighted by Gasteiger charge is 2.31. The molecule has 6 nitrogen and oxygen atoms in total. The van der Waals surface area contributed by atoms with Crippen LogP contribution in [0, 0.1) is 0 Å². The number of rotatable bonds is 2. The van der Waals surface area contributed by atoms with Gasteiger partial charge in [0.25, 0.3) is 0 Å². The average Bonchev–Trinajstić information content (AvgIpc) is 2.63. The van der Waals surface area contributed by atoms with Crippen LogP contribution in [0.4, 0.5) is 0 Å². The van der Waals surface area contributed by atoms with E-state index >= 15 is 0 Å². The van der Waals surface area contributed by atoms with Gasteiger partial charge in [0.1, 0.15) is 28.2 Å². The molecule has 140 valence electrons. The summed E-state index contributed by atoms with van der Waals surface area (Å²) in [5.41, 5.74) is 0.467. The molecule has 7 heteroatoms. The average molecular weight is 388 g/mol. The van der Waals surface area contributed by atoms with E-state index in [1.165, 1.54) is 6.07 Å². The predicted octanol–water partition coefficient (Wildman–Crippen LogP) is 2.96. The van der Waals surface area contributed by atoms with Crippen molar-refractivity contribution in [3.8, 4) is 22.8 Å². The van der Waals surface area contributed by atoms with Crippen LogP contribution in [0.3, 0.4) is 0 Å². The summed E-state index contributed by atoms with van der Waals surface area (Å²) in [4.78, 5) is 12.7. The number of aliphatic hydroxyl groups excluding tert-OH is 1. The molecule has 1 aliphatic heterocycles. The first-order valence-corrected chi connectivity index (χ1v) is 9.01. The lowest BCUT2D eigenvalue weighted by atomic mass is 9.86. The molecule has 3 aromatic rings. The van der Waals surface area contributed by atoms with Gasteiger partial charge in [-0.1, -0.05) is 23.7 Å². The Morgan fingerprint density at radius 1 is 1.15 bits per heavy atom. The minimum absolute atomic E-state index is 0.0238. The van der Waals surface area contributed by atoms with E-state index in [9.17, 15) is 20.1 Å². The highest BCUT2D eigenvalue weighted by Crippen LogP contribution is 2.42. The van der Waals surface area contributed by atoms with Gasteiger partial charge in [-0.2, -0.15) is 0 Å². The van der Waals surface area contributed by atoms with Gasteiger partial charge in [0.15, 0.2) is 5.43 Å². The van der Waals surface area contributed by atoms with Crippen molar-refractivity contribution < 1.29 is 19.7 Å². The number of fused-ring (bicyclic) bond motifs is 1. The first kappa shape index (κ1) is 17.9. The first-order chi connectivity index (χ1) is 13.0. The number of phenols is 2. The Hall–Kier alpha value is -2.54. The number of aromatic hydroxyl groups is 2. The van der Waals surface area contributed by atoms with E-state index in [1.807, 2.05) is 0 Å². The second-order valence-corrected chi connectivity index (χ2v) is 7.06. The maximum absolute atomic E-state index is 12.7. The Balaban J connectivity index is 2.03. The Bertz CT molecular complexity index is 1080. The number of benzene rings is 2. The molecule has 2 aromatic carbocycles. The molecule has 27 heavy (non-hydrogen) atoms. The molecule has 1 aromatic heterocycles. The lowest BCUT2D eigenvalue weighted by Crippen LogP contribution is -2.39. The Morgan fingerprint density at radius 3 is 2.67 bits per heavy atom. The van der Waals surface area contributed by atoms with Crippen molar-refractivity contribution in [3.05, 3.63) is 57.2 Å². The van der Waals surface area contributed by atoms with Crippen molar-refractivity contribution in [1.29, 1.82) is 0 Å². The molecular weight excluding hydrogens is 370 g/mol. The number of phenolic OH excluding ortho intramolecular Hbond substituents is 2. The topological polar surface area (TPSA) is 103 Å². The predicted molar refractivity (Wildman–Crippen MR) is 102 cm³/mol. The Labute approximate surface area is 159 Å². The van der Waals surface area contributed by atoms with Crippen LogP contribution in [0.15, 0.2) is 45.6 Å². The van der Waals surface area contributed by atoms with E-state index in [4.69, 9.17) is 16.0 Å². The van der Waals surface area contributed by atoms with Gasteiger partial charge in [-0.05, 0) is 25.1 Å². The number of hydrogen-bond donors (Lipinski definition) is 4. The van der Waals surface area contributed by atoms with Crippen molar-refractivity contribution in [1.82, 2.24) is 5.32 Å². The summed E-state index contributed by atoms with van der Waals surface area (Å²) >= 11 is 6.23. The minimum atomic E-state index is -0.758. The highest BCUT2D eigenvalue weighted by molar-refractivity contribution is 6.33. The van der Waals surface area contributed by atoms with Crippen molar-refractivity contribution in [3.63, 3.8) is 0 Å². The molecular formula is C20H18ClNO5. The van der Waals surface area contributed by atoms with Crippen LogP contribution in [-0.4, -0.2) is 34.5 Å². The second kappa shape index (κ2) is 6.88. The van der Waals surface area contributed by atoms with Gasteiger partial charge in [0.05, 0.1) is 11.1 Å². The molecule has 0 radical (unpaired) electrons. The fourth-order valence-corrected chi connectivity index (χ4v) is 3.88. The SMILES string of the molecule is O=c1cc(-c2ccccc2Cl)oc2c([C@H]3CCNC[C@H]3O)c(O)cc(O)c12. The van der Waals surface area contributed by atoms with Gasteiger partial charge in [0, 0.05) is 35.7 Å². The van der Waals surface area contributed by atoms with E-state index in [0.29, 0.717) is 35.7 Å². The van der Waals surface area contributed by atoms with Crippen molar-refractivity contribution in [2.24, 2.45) is 0 Å². The van der Waals surface area contributed by atoms with Gasteiger partial charge in [0.2, 0.25) is 0 Å². The van der Waals surface area contributed by atoms with Crippen LogP contribution in [0.1, 0.15) is 17.9 Å². The largest absolute Gasteiger partial charge is 0.507 e. The standard InChI is InChI=1S/C20H18ClNO5/c21-12-4-2-1-3-10(12)17-8-15(25)19-14(24)7-13(23)18(20(19)27-17)11-5-6-22-9-16(11)26/h1-4,7-8,11,16,22-24,26H,5-6,9H2/t11-,16+/m0/s1. The number of nitrogens with one attached hydrogen (secondary N) is 1. The minimum Gasteiger partial charge on any atom is -0.507 e. The maximum Gasteiger partial charge on any atom is 0.197 e. The Kier molecular flexibility index (Phi) is 4.55. The fraction of sp³-hybridized carbons (Fsp3) is 0.250. The lowest BCUT2D eigenvalue weighted by molar-refractivity contribution is 0.117. The van der Waals surface area contributed by atoms with E-state index in [2.05, 4.69) is 5.32 Å². The normalized spacial score (nSPS) is 20.1. The molecule has 0 bridgehead atoms. The number of β-amino-alcohol motifs (C(OH)–C–C–N with tert-alkyl or cyclic N) is 1. The number of piperidine rings is 1. The van der Waals surface area contributed by atoms with Crippen LogP contribution in [0.5, 0.6) is 11.5 Å². The molecule has 0 saturated carbocycles. The number of halogens is 1. The van der Waals surface area contributed by atoms with Crippen LogP contribution in [-0.2, 0) is 0 Å². The summed E-state index contributed by atoms with van der Waals surface area (Å²) in [7, 11) is 0.